The van der Waals surface area contributed by atoms with Crippen molar-refractivity contribution < 1.29 is 13.6 Å². The van der Waals surface area contributed by atoms with E-state index in [0.717, 1.165) is 28.4 Å². The van der Waals surface area contributed by atoms with E-state index in [1.54, 1.807) is 17.4 Å². The Balaban J connectivity index is 0.00000121. The molecule has 2 saturated heterocycles. The van der Waals surface area contributed by atoms with Crippen molar-refractivity contribution in [2.75, 3.05) is 29.9 Å². The SMILES string of the molecule is Cl.Cl.O=C(Nc1ccc2nc(N3CCCC3)sc2c1)C1CC(F)(F)CN1. The quantitative estimate of drug-likeness (QED) is 0.788. The molecule has 144 valence electrons. The highest BCUT2D eigenvalue weighted by atomic mass is 35.5. The van der Waals surface area contributed by atoms with Crippen molar-refractivity contribution in [2.24, 2.45) is 0 Å². The molecule has 26 heavy (non-hydrogen) atoms. The van der Waals surface area contributed by atoms with E-state index in [-0.39, 0.29) is 24.8 Å². The van der Waals surface area contributed by atoms with Crippen LogP contribution in [-0.2, 0) is 4.79 Å². The first-order chi connectivity index (χ1) is 11.5. The van der Waals surface area contributed by atoms with Gasteiger partial charge in [0.15, 0.2) is 5.13 Å². The van der Waals surface area contributed by atoms with Gasteiger partial charge in [0.1, 0.15) is 0 Å². The zero-order valence-electron chi connectivity index (χ0n) is 13.8. The smallest absolute Gasteiger partial charge is 0.262 e. The Morgan fingerprint density at radius 1 is 1.31 bits per heavy atom. The third-order valence-corrected chi connectivity index (χ3v) is 5.53. The molecule has 2 aromatic rings. The molecule has 0 radical (unpaired) electrons. The lowest BCUT2D eigenvalue weighted by molar-refractivity contribution is -0.118. The van der Waals surface area contributed by atoms with Gasteiger partial charge in [0.05, 0.1) is 22.8 Å². The normalized spacial score (nSPS) is 21.3. The highest BCUT2D eigenvalue weighted by Gasteiger charge is 2.42. The number of nitrogens with one attached hydrogen (secondary N) is 2. The second-order valence-electron chi connectivity index (χ2n) is 6.36. The van der Waals surface area contributed by atoms with E-state index in [1.807, 2.05) is 12.1 Å². The summed E-state index contributed by atoms with van der Waals surface area (Å²) in [5.74, 6) is -3.23. The predicted molar refractivity (Wildman–Crippen MR) is 106 cm³/mol. The molecule has 1 amide bonds. The second kappa shape index (κ2) is 8.21. The van der Waals surface area contributed by atoms with Gasteiger partial charge < -0.3 is 10.2 Å². The summed E-state index contributed by atoms with van der Waals surface area (Å²) in [6, 6.07) is 4.63. The van der Waals surface area contributed by atoms with E-state index < -0.39 is 30.8 Å². The zero-order chi connectivity index (χ0) is 16.7. The number of alkyl halides is 2. The molecule has 0 saturated carbocycles. The lowest BCUT2D eigenvalue weighted by Crippen LogP contribution is -2.35. The van der Waals surface area contributed by atoms with Gasteiger partial charge in [0.2, 0.25) is 5.91 Å². The van der Waals surface area contributed by atoms with Gasteiger partial charge in [-0.05, 0) is 31.0 Å². The molecule has 1 unspecified atom stereocenters. The number of halogens is 4. The molecule has 2 aliphatic rings. The molecule has 2 fully saturated rings. The topological polar surface area (TPSA) is 57.3 Å². The van der Waals surface area contributed by atoms with Gasteiger partial charge in [0.25, 0.3) is 5.92 Å². The number of thiazole rings is 1. The van der Waals surface area contributed by atoms with Gasteiger partial charge >= 0.3 is 0 Å². The maximum absolute atomic E-state index is 13.2. The molecule has 0 spiro atoms. The van der Waals surface area contributed by atoms with Crippen molar-refractivity contribution in [3.8, 4) is 0 Å². The summed E-state index contributed by atoms with van der Waals surface area (Å²) in [6.45, 7) is 1.62. The standard InChI is InChI=1S/C16H18F2N4OS.2ClH/c17-16(18)8-12(19-9-16)14(23)20-10-3-4-11-13(7-10)24-15(21-11)22-5-1-2-6-22;;/h3-4,7,12,19H,1-2,5-6,8-9H2,(H,20,23);2*1H. The molecule has 5 nitrogen and oxygen atoms in total. The van der Waals surface area contributed by atoms with Crippen molar-refractivity contribution in [3.05, 3.63) is 18.2 Å². The third-order valence-electron chi connectivity index (χ3n) is 4.45. The summed E-state index contributed by atoms with van der Waals surface area (Å²) in [7, 11) is 0. The van der Waals surface area contributed by atoms with E-state index in [4.69, 9.17) is 0 Å². The van der Waals surface area contributed by atoms with E-state index in [9.17, 15) is 13.6 Å². The van der Waals surface area contributed by atoms with E-state index in [0.29, 0.717) is 5.69 Å². The van der Waals surface area contributed by atoms with Gasteiger partial charge in [-0.3, -0.25) is 10.1 Å². The Morgan fingerprint density at radius 3 is 2.69 bits per heavy atom. The fraction of sp³-hybridized carbons (Fsp3) is 0.500. The van der Waals surface area contributed by atoms with Crippen LogP contribution in [0.3, 0.4) is 0 Å². The molecule has 1 aromatic heterocycles. The minimum Gasteiger partial charge on any atom is -0.348 e. The lowest BCUT2D eigenvalue weighted by Gasteiger charge is -2.11. The number of amides is 1. The number of benzene rings is 1. The van der Waals surface area contributed by atoms with Crippen LogP contribution in [0.1, 0.15) is 19.3 Å². The predicted octanol–water partition coefficient (Wildman–Crippen LogP) is 3.68. The maximum Gasteiger partial charge on any atom is 0.262 e. The van der Waals surface area contributed by atoms with Crippen molar-refractivity contribution in [2.45, 2.75) is 31.2 Å². The van der Waals surface area contributed by atoms with Gasteiger partial charge in [-0.25, -0.2) is 13.8 Å². The fourth-order valence-electron chi connectivity index (χ4n) is 3.16. The van der Waals surface area contributed by atoms with Crippen LogP contribution < -0.4 is 15.5 Å². The van der Waals surface area contributed by atoms with E-state index in [1.165, 1.54) is 12.8 Å². The summed E-state index contributed by atoms with van der Waals surface area (Å²) in [5.41, 5.74) is 1.51. The highest BCUT2D eigenvalue weighted by Crippen LogP contribution is 2.32. The number of rotatable bonds is 3. The van der Waals surface area contributed by atoms with Crippen LogP contribution in [0.2, 0.25) is 0 Å². The Morgan fingerprint density at radius 2 is 2.04 bits per heavy atom. The average molecular weight is 425 g/mol. The number of carbonyl (C=O) groups excluding carboxylic acids is 1. The maximum atomic E-state index is 13.2. The number of fused-ring (bicyclic) bond motifs is 1. The second-order valence-corrected chi connectivity index (χ2v) is 7.37. The van der Waals surface area contributed by atoms with Gasteiger partial charge in [-0.15, -0.1) is 24.8 Å². The molecule has 1 aromatic carbocycles. The van der Waals surface area contributed by atoms with Gasteiger partial charge in [-0.1, -0.05) is 11.3 Å². The van der Waals surface area contributed by atoms with E-state index in [2.05, 4.69) is 20.5 Å². The number of aromatic nitrogens is 1. The van der Waals surface area contributed by atoms with Crippen LogP contribution in [0, 0.1) is 0 Å². The minimum absolute atomic E-state index is 0. The van der Waals surface area contributed by atoms with Crippen LogP contribution in [0.15, 0.2) is 18.2 Å². The molecule has 2 aliphatic heterocycles. The molecule has 10 heteroatoms. The Kier molecular flexibility index (Phi) is 6.65. The summed E-state index contributed by atoms with van der Waals surface area (Å²) in [4.78, 5) is 19.0. The minimum atomic E-state index is -2.81. The third kappa shape index (κ3) is 4.36. The van der Waals surface area contributed by atoms with Crippen molar-refractivity contribution in [1.29, 1.82) is 0 Å². The lowest BCUT2D eigenvalue weighted by atomic mass is 10.2. The van der Waals surface area contributed by atoms with Crippen molar-refractivity contribution in [1.82, 2.24) is 10.3 Å². The number of carbonyl (C=O) groups is 1. The van der Waals surface area contributed by atoms with Crippen LogP contribution in [0.25, 0.3) is 10.2 Å². The molecule has 3 heterocycles. The first kappa shape index (κ1) is 21.1. The first-order valence-corrected chi connectivity index (χ1v) is 8.89. The monoisotopic (exact) mass is 424 g/mol. The van der Waals surface area contributed by atoms with Gasteiger partial charge in [0, 0.05) is 25.2 Å². The number of hydrogen-bond acceptors (Lipinski definition) is 5. The summed E-state index contributed by atoms with van der Waals surface area (Å²) in [6.07, 6.45) is 1.92. The Hall–Kier alpha value is -1.22. The molecule has 1 atom stereocenters. The molecule has 2 N–H and O–H groups in total. The van der Waals surface area contributed by atoms with Crippen LogP contribution in [-0.4, -0.2) is 42.5 Å². The molecule has 4 rings (SSSR count). The molecule has 0 aliphatic carbocycles. The Labute approximate surface area is 166 Å². The summed E-state index contributed by atoms with van der Waals surface area (Å²) in [5, 5.41) is 6.29. The largest absolute Gasteiger partial charge is 0.348 e. The highest BCUT2D eigenvalue weighted by molar-refractivity contribution is 7.22. The fourth-order valence-corrected chi connectivity index (χ4v) is 4.22. The molecule has 0 bridgehead atoms. The number of anilines is 2. The van der Waals surface area contributed by atoms with Crippen molar-refractivity contribution >= 4 is 63.1 Å². The zero-order valence-corrected chi connectivity index (χ0v) is 16.3. The van der Waals surface area contributed by atoms with Crippen LogP contribution in [0.5, 0.6) is 0 Å². The van der Waals surface area contributed by atoms with Gasteiger partial charge in [-0.2, -0.15) is 0 Å². The number of nitrogens with zero attached hydrogens (tertiary/aromatic N) is 2. The molecular weight excluding hydrogens is 405 g/mol. The van der Waals surface area contributed by atoms with Crippen LogP contribution in [0.4, 0.5) is 19.6 Å². The molecular formula is C16H20Cl2F2N4OS. The van der Waals surface area contributed by atoms with Crippen molar-refractivity contribution in [3.63, 3.8) is 0 Å². The number of hydrogen-bond donors (Lipinski definition) is 2. The van der Waals surface area contributed by atoms with Crippen LogP contribution >= 0.6 is 36.2 Å². The Bertz CT molecular complexity index is 783. The first-order valence-electron chi connectivity index (χ1n) is 8.08. The summed E-state index contributed by atoms with van der Waals surface area (Å²) < 4.78 is 27.4. The van der Waals surface area contributed by atoms with E-state index >= 15 is 0 Å². The average Bonchev–Trinajstić information content (AvgIpc) is 3.24. The summed E-state index contributed by atoms with van der Waals surface area (Å²) >= 11 is 1.60.